The van der Waals surface area contributed by atoms with Gasteiger partial charge in [-0.25, -0.2) is 4.39 Å². The van der Waals surface area contributed by atoms with E-state index >= 15 is 0 Å². The zero-order valence-corrected chi connectivity index (χ0v) is 13.6. The normalized spacial score (nSPS) is 17.8. The molecule has 0 saturated carbocycles. The summed E-state index contributed by atoms with van der Waals surface area (Å²) in [5.74, 6) is 0.429. The summed E-state index contributed by atoms with van der Waals surface area (Å²) in [6.45, 7) is 4.99. The first-order valence-corrected chi connectivity index (χ1v) is 7.77. The van der Waals surface area contributed by atoms with Gasteiger partial charge >= 0.3 is 0 Å². The third-order valence-electron chi connectivity index (χ3n) is 4.39. The molecule has 6 heteroatoms. The van der Waals surface area contributed by atoms with Crippen molar-refractivity contribution in [3.05, 3.63) is 46.9 Å². The Morgan fingerprint density at radius 2 is 2.22 bits per heavy atom. The average molecular weight is 316 g/mol. The van der Waals surface area contributed by atoms with Crippen LogP contribution < -0.4 is 5.32 Å². The molecule has 1 atom stereocenters. The Kier molecular flexibility index (Phi) is 4.17. The second kappa shape index (κ2) is 6.12. The number of carbonyl (C=O) groups is 1. The minimum atomic E-state index is -0.200. The van der Waals surface area contributed by atoms with Gasteiger partial charge in [-0.3, -0.25) is 14.4 Å². The molecule has 0 aliphatic carbocycles. The van der Waals surface area contributed by atoms with Crippen LogP contribution in [-0.4, -0.2) is 33.7 Å². The molecule has 122 valence electrons. The molecule has 3 rings (SSSR count). The zero-order valence-electron chi connectivity index (χ0n) is 13.6. The summed E-state index contributed by atoms with van der Waals surface area (Å²) >= 11 is 0. The van der Waals surface area contributed by atoms with Gasteiger partial charge in [-0.2, -0.15) is 5.10 Å². The Morgan fingerprint density at radius 1 is 1.43 bits per heavy atom. The van der Waals surface area contributed by atoms with Gasteiger partial charge in [0.25, 0.3) is 0 Å². The van der Waals surface area contributed by atoms with E-state index in [1.54, 1.807) is 17.8 Å². The standard InChI is InChI=1S/C17H21FN4O/c1-11-8-16(21(3)20-11)19-17(23)10-22-7-6-13-9-14(18)4-5-15(13)12(22)2/h4-5,8-9,12H,6-7,10H2,1-3H3,(H,19,23). The SMILES string of the molecule is Cc1cc(NC(=O)CN2CCc3cc(F)ccc3C2C)n(C)n1. The summed E-state index contributed by atoms with van der Waals surface area (Å²) in [5.41, 5.74) is 3.00. The van der Waals surface area contributed by atoms with Crippen LogP contribution in [0.3, 0.4) is 0 Å². The van der Waals surface area contributed by atoms with Crippen LogP contribution >= 0.6 is 0 Å². The number of benzene rings is 1. The third kappa shape index (κ3) is 3.27. The fraction of sp³-hybridized carbons (Fsp3) is 0.412. The molecule has 1 amide bonds. The maximum Gasteiger partial charge on any atom is 0.239 e. The summed E-state index contributed by atoms with van der Waals surface area (Å²) in [6.07, 6.45) is 0.759. The second-order valence-corrected chi connectivity index (χ2v) is 6.08. The quantitative estimate of drug-likeness (QED) is 0.946. The highest BCUT2D eigenvalue weighted by molar-refractivity contribution is 5.91. The van der Waals surface area contributed by atoms with Crippen molar-refractivity contribution in [2.45, 2.75) is 26.3 Å². The number of aromatic nitrogens is 2. The van der Waals surface area contributed by atoms with E-state index in [1.165, 1.54) is 6.07 Å². The number of rotatable bonds is 3. The van der Waals surface area contributed by atoms with E-state index < -0.39 is 0 Å². The van der Waals surface area contributed by atoms with Crippen LogP contribution in [0.25, 0.3) is 0 Å². The van der Waals surface area contributed by atoms with Crippen LogP contribution in [0, 0.1) is 12.7 Å². The molecule has 1 aliphatic heterocycles. The van der Waals surface area contributed by atoms with Crippen molar-refractivity contribution >= 4 is 11.7 Å². The molecule has 1 aromatic carbocycles. The lowest BCUT2D eigenvalue weighted by molar-refractivity contribution is -0.118. The molecule has 1 aliphatic rings. The third-order valence-corrected chi connectivity index (χ3v) is 4.39. The highest BCUT2D eigenvalue weighted by Crippen LogP contribution is 2.29. The zero-order chi connectivity index (χ0) is 16.6. The molecular formula is C17H21FN4O. The fourth-order valence-electron chi connectivity index (χ4n) is 3.16. The topological polar surface area (TPSA) is 50.2 Å². The molecule has 1 unspecified atom stereocenters. The number of nitrogens with zero attached hydrogens (tertiary/aromatic N) is 3. The number of anilines is 1. The van der Waals surface area contributed by atoms with Crippen LogP contribution in [0.2, 0.25) is 0 Å². The molecule has 1 N–H and O–H groups in total. The van der Waals surface area contributed by atoms with Gasteiger partial charge in [0.15, 0.2) is 0 Å². The van der Waals surface area contributed by atoms with Crippen molar-refractivity contribution in [3.8, 4) is 0 Å². The Labute approximate surface area is 135 Å². The van der Waals surface area contributed by atoms with Crippen molar-refractivity contribution in [1.29, 1.82) is 0 Å². The van der Waals surface area contributed by atoms with Crippen molar-refractivity contribution < 1.29 is 9.18 Å². The second-order valence-electron chi connectivity index (χ2n) is 6.08. The van der Waals surface area contributed by atoms with Crippen LogP contribution in [0.5, 0.6) is 0 Å². The number of hydrogen-bond acceptors (Lipinski definition) is 3. The first kappa shape index (κ1) is 15.7. The molecule has 2 heterocycles. The molecule has 0 bridgehead atoms. The number of aryl methyl sites for hydroxylation is 2. The number of hydrogen-bond donors (Lipinski definition) is 1. The van der Waals surface area contributed by atoms with E-state index in [1.807, 2.05) is 19.1 Å². The smallest absolute Gasteiger partial charge is 0.239 e. The highest BCUT2D eigenvalue weighted by Gasteiger charge is 2.25. The predicted octanol–water partition coefficient (Wildman–Crippen LogP) is 2.43. The van der Waals surface area contributed by atoms with Gasteiger partial charge in [0.05, 0.1) is 12.2 Å². The molecule has 0 saturated heterocycles. The monoisotopic (exact) mass is 316 g/mol. The summed E-state index contributed by atoms with van der Waals surface area (Å²) in [7, 11) is 1.80. The molecule has 0 spiro atoms. The first-order chi connectivity index (χ1) is 10.9. The number of amides is 1. The lowest BCUT2D eigenvalue weighted by atomic mass is 9.93. The van der Waals surface area contributed by atoms with Gasteiger partial charge in [-0.1, -0.05) is 6.07 Å². The summed E-state index contributed by atoms with van der Waals surface area (Å²) in [4.78, 5) is 14.4. The largest absolute Gasteiger partial charge is 0.310 e. The first-order valence-electron chi connectivity index (χ1n) is 7.77. The molecular weight excluding hydrogens is 295 g/mol. The van der Waals surface area contributed by atoms with Gasteiger partial charge in [-0.15, -0.1) is 0 Å². The maximum atomic E-state index is 13.3. The Morgan fingerprint density at radius 3 is 2.91 bits per heavy atom. The average Bonchev–Trinajstić information content (AvgIpc) is 2.79. The lowest BCUT2D eigenvalue weighted by Gasteiger charge is -2.34. The number of nitrogens with one attached hydrogen (secondary N) is 1. The van der Waals surface area contributed by atoms with Gasteiger partial charge in [0.2, 0.25) is 5.91 Å². The molecule has 23 heavy (non-hydrogen) atoms. The Bertz CT molecular complexity index is 740. The van der Waals surface area contributed by atoms with Crippen molar-refractivity contribution in [2.24, 2.45) is 7.05 Å². The van der Waals surface area contributed by atoms with Crippen LogP contribution in [0.15, 0.2) is 24.3 Å². The minimum Gasteiger partial charge on any atom is -0.310 e. The van der Waals surface area contributed by atoms with E-state index in [4.69, 9.17) is 0 Å². The number of fused-ring (bicyclic) bond motifs is 1. The molecule has 1 aromatic heterocycles. The van der Waals surface area contributed by atoms with Crippen LogP contribution in [0.1, 0.15) is 29.8 Å². The number of carbonyl (C=O) groups excluding carboxylic acids is 1. The summed E-state index contributed by atoms with van der Waals surface area (Å²) < 4.78 is 15.0. The Balaban J connectivity index is 1.67. The minimum absolute atomic E-state index is 0.0644. The maximum absolute atomic E-state index is 13.3. The fourth-order valence-corrected chi connectivity index (χ4v) is 3.16. The molecule has 0 fully saturated rings. The van der Waals surface area contributed by atoms with Crippen LogP contribution in [-0.2, 0) is 18.3 Å². The van der Waals surface area contributed by atoms with Gasteiger partial charge in [0.1, 0.15) is 11.6 Å². The van der Waals surface area contributed by atoms with E-state index in [0.717, 1.165) is 29.8 Å². The summed E-state index contributed by atoms with van der Waals surface area (Å²) in [5, 5.41) is 7.11. The van der Waals surface area contributed by atoms with Crippen molar-refractivity contribution in [2.75, 3.05) is 18.4 Å². The van der Waals surface area contributed by atoms with Crippen molar-refractivity contribution in [1.82, 2.24) is 14.7 Å². The number of halogens is 1. The van der Waals surface area contributed by atoms with E-state index in [9.17, 15) is 9.18 Å². The van der Waals surface area contributed by atoms with E-state index in [2.05, 4.69) is 22.2 Å². The van der Waals surface area contributed by atoms with E-state index in [0.29, 0.717) is 12.4 Å². The van der Waals surface area contributed by atoms with Gasteiger partial charge < -0.3 is 5.32 Å². The Hall–Kier alpha value is -2.21. The lowest BCUT2D eigenvalue weighted by Crippen LogP contribution is -2.39. The predicted molar refractivity (Wildman–Crippen MR) is 86.7 cm³/mol. The molecule has 0 radical (unpaired) electrons. The van der Waals surface area contributed by atoms with Gasteiger partial charge in [-0.05, 0) is 43.5 Å². The van der Waals surface area contributed by atoms with Gasteiger partial charge in [0, 0.05) is 25.7 Å². The van der Waals surface area contributed by atoms with E-state index in [-0.39, 0.29) is 17.8 Å². The molecule has 5 nitrogen and oxygen atoms in total. The highest BCUT2D eigenvalue weighted by atomic mass is 19.1. The molecule has 2 aromatic rings. The van der Waals surface area contributed by atoms with Crippen molar-refractivity contribution in [3.63, 3.8) is 0 Å². The summed E-state index contributed by atoms with van der Waals surface area (Å²) in [6, 6.07) is 6.84. The van der Waals surface area contributed by atoms with Crippen LogP contribution in [0.4, 0.5) is 10.2 Å².